The average molecular weight is 1340 g/mol. The standard InChI is InChI=1S/C61H57N13O11S6/c1-27-43(76)21-74-48(27)59-71-42(26-90-59)56-67-38(22-87-56)46-34(17-18-35(64-46)55-69-39(24-88-55)50(79)63-32-13-11-31(12-14-32)61(84)85-3)54-68-40(23-86-54)51(80)65-36(20-44(62)77)57-73-45(28(2)91-57)53(82)72-47(49(78)30-7-5-4-6-8-30)58-70-41(25-89-58)52(81)66-37(60(74)83)19-29-9-15-33(75)16-10-29/h4-10,15-18,22-27,31-32,36-37,43,47-49,75-76,78H,11-14,19-21H2,1-3H3,(H2,62,77)(H,63,79)(H,65,80)(H,66,81)(H,72,82)/t27-,31-,32-,36-,37-,43-,47-,48-,49+/m0/s1. The maximum atomic E-state index is 15.2. The first kappa shape index (κ1) is 62.6. The quantitative estimate of drug-likeness (QED) is 0.0606. The molecule has 7 aromatic heterocycles. The van der Waals surface area contributed by atoms with Gasteiger partial charge in [0.1, 0.15) is 93.8 Å². The molecule has 2 aromatic carbocycles. The summed E-state index contributed by atoms with van der Waals surface area (Å²) in [6.45, 7) is 3.36. The fourth-order valence-electron chi connectivity index (χ4n) is 11.2. The van der Waals surface area contributed by atoms with E-state index in [0.29, 0.717) is 90.1 Å². The van der Waals surface area contributed by atoms with Crippen molar-refractivity contribution in [3.05, 3.63) is 147 Å². The molecular formula is C61H57N13O11S6. The number of thiazole rings is 6. The second-order valence-corrected chi connectivity index (χ2v) is 27.7. The predicted molar refractivity (Wildman–Crippen MR) is 341 cm³/mol. The van der Waals surface area contributed by atoms with Crippen LogP contribution in [0.5, 0.6) is 5.75 Å². The number of carbonyl (C=O) groups is 7. The molecule has 1 saturated heterocycles. The summed E-state index contributed by atoms with van der Waals surface area (Å²) in [6.07, 6.45) is -0.442. The lowest BCUT2D eigenvalue weighted by Crippen LogP contribution is -2.50. The summed E-state index contributed by atoms with van der Waals surface area (Å²) in [4.78, 5) is 133. The number of hydrogen-bond acceptors (Lipinski definition) is 24. The first-order valence-corrected chi connectivity index (χ1v) is 33.9. The Morgan fingerprint density at radius 3 is 2.09 bits per heavy atom. The Labute approximate surface area is 543 Å². The van der Waals surface area contributed by atoms with E-state index in [9.17, 15) is 44.1 Å². The number of aliphatic hydroxyl groups excluding tert-OH is 2. The number of rotatable bonds is 10. The number of hydrogen-bond donors (Lipinski definition) is 8. The summed E-state index contributed by atoms with van der Waals surface area (Å²) in [6, 6.07) is 13.7. The fraction of sp³-hybridized carbons (Fsp3) is 0.311. The van der Waals surface area contributed by atoms with Crippen LogP contribution in [-0.2, 0) is 25.5 Å². The summed E-state index contributed by atoms with van der Waals surface area (Å²) in [7, 11) is 1.37. The molecule has 7 atom stereocenters. The number of aryl methyl sites for hydroxylation is 1. The van der Waals surface area contributed by atoms with Crippen LogP contribution in [0.2, 0.25) is 0 Å². The van der Waals surface area contributed by atoms with Crippen LogP contribution in [0, 0.1) is 18.8 Å². The monoisotopic (exact) mass is 1340 g/mol. The highest BCUT2D eigenvalue weighted by Crippen LogP contribution is 2.43. The number of phenolic OH excluding ortho intramolecular Hbond substituents is 1. The summed E-state index contributed by atoms with van der Waals surface area (Å²) in [5, 5.41) is 55.7. The van der Waals surface area contributed by atoms with Crippen molar-refractivity contribution < 1.29 is 53.6 Å². The summed E-state index contributed by atoms with van der Waals surface area (Å²) >= 11 is 6.94. The minimum atomic E-state index is -1.41. The Bertz CT molecular complexity index is 4230. The summed E-state index contributed by atoms with van der Waals surface area (Å²) < 4.78 is 4.93. The molecule has 1 aliphatic carbocycles. The van der Waals surface area contributed by atoms with Gasteiger partial charge in [0.05, 0.1) is 43.3 Å². The molecule has 0 radical (unpaired) electrons. The number of nitrogens with two attached hydrogens (primary N) is 1. The molecule has 30 heteroatoms. The Kier molecular flexibility index (Phi) is 18.3. The zero-order chi connectivity index (χ0) is 63.8. The van der Waals surface area contributed by atoms with E-state index in [2.05, 4.69) is 31.2 Å². The average Bonchev–Trinajstić information content (AvgIpc) is 1.69. The van der Waals surface area contributed by atoms with Crippen molar-refractivity contribution in [1.82, 2.24) is 61.1 Å². The molecule has 9 N–H and O–H groups in total. The van der Waals surface area contributed by atoms with E-state index in [1.807, 2.05) is 6.92 Å². The first-order chi connectivity index (χ1) is 43.8. The van der Waals surface area contributed by atoms with Crippen molar-refractivity contribution in [3.63, 3.8) is 0 Å². The zero-order valence-corrected chi connectivity index (χ0v) is 53.5. The van der Waals surface area contributed by atoms with Crippen LogP contribution in [0.25, 0.3) is 43.4 Å². The number of fused-ring (bicyclic) bond motifs is 16. The molecule has 468 valence electrons. The minimum Gasteiger partial charge on any atom is -0.508 e. The van der Waals surface area contributed by atoms with Gasteiger partial charge in [-0.3, -0.25) is 33.6 Å². The van der Waals surface area contributed by atoms with Gasteiger partial charge in [-0.15, -0.1) is 68.0 Å². The van der Waals surface area contributed by atoms with E-state index in [4.69, 9.17) is 35.4 Å². The third-order valence-electron chi connectivity index (χ3n) is 16.0. The van der Waals surface area contributed by atoms with Crippen molar-refractivity contribution in [2.75, 3.05) is 13.7 Å². The molecule has 0 spiro atoms. The number of esters is 1. The van der Waals surface area contributed by atoms with Gasteiger partial charge in [0.2, 0.25) is 11.8 Å². The van der Waals surface area contributed by atoms with E-state index in [1.54, 1.807) is 83.0 Å². The van der Waals surface area contributed by atoms with E-state index < -0.39 is 78.2 Å². The highest BCUT2D eigenvalue weighted by atomic mass is 32.1. The maximum absolute atomic E-state index is 15.2. The zero-order valence-electron chi connectivity index (χ0n) is 48.6. The molecule has 10 bridgehead atoms. The molecule has 1 saturated carbocycles. The van der Waals surface area contributed by atoms with Crippen molar-refractivity contribution >= 4 is 109 Å². The predicted octanol–water partition coefficient (Wildman–Crippen LogP) is 7.75. The molecule has 2 aliphatic heterocycles. The SMILES string of the molecule is COC(=O)[C@H]1CC[C@H](NC(=O)c2csc(-c3ccc4c(n3)-c3csc(n3)-c3csc(n3)[C@@H]3[C@@H](C)[C@@H](O)CN3C(=O)[C@H](Cc3ccc(O)cc3)NC(=O)c3csc(n3)[C@H]([C@H](O)c3ccccc3)NC(=O)c3nc(sc3C)[C@H](CC(N)=O)NC(=O)c3csc-4n3)n2)CC1. The van der Waals surface area contributed by atoms with Gasteiger partial charge in [0.15, 0.2) is 0 Å². The molecule has 9 aromatic rings. The molecular weight excluding hydrogens is 1280 g/mol. The van der Waals surface area contributed by atoms with E-state index in [1.165, 1.54) is 63.5 Å². The van der Waals surface area contributed by atoms with Gasteiger partial charge in [-0.1, -0.05) is 49.4 Å². The van der Waals surface area contributed by atoms with E-state index in [-0.39, 0.29) is 75.3 Å². The molecule has 0 unspecified atom stereocenters. The van der Waals surface area contributed by atoms with Crippen molar-refractivity contribution in [2.45, 2.75) is 94.8 Å². The second kappa shape index (κ2) is 26.7. The second-order valence-electron chi connectivity index (χ2n) is 22.1. The molecule has 9 heterocycles. The number of benzene rings is 2. The van der Waals surface area contributed by atoms with Crippen LogP contribution >= 0.6 is 68.0 Å². The number of methoxy groups -OCH3 is 1. The van der Waals surface area contributed by atoms with Gasteiger partial charge >= 0.3 is 5.97 Å². The van der Waals surface area contributed by atoms with Gasteiger partial charge in [0.25, 0.3) is 23.6 Å². The highest BCUT2D eigenvalue weighted by molar-refractivity contribution is 7.15. The third-order valence-corrected chi connectivity index (χ3v) is 21.6. The number of aromatic hydroxyl groups is 1. The molecule has 91 heavy (non-hydrogen) atoms. The fourth-order valence-corrected chi connectivity index (χ4v) is 16.5. The Hall–Kier alpha value is -8.62. The number of nitrogens with zero attached hydrogens (tertiary/aromatic N) is 8. The Morgan fingerprint density at radius 1 is 0.692 bits per heavy atom. The van der Waals surface area contributed by atoms with Crippen LogP contribution in [0.1, 0.15) is 136 Å². The van der Waals surface area contributed by atoms with Crippen molar-refractivity contribution in [2.24, 2.45) is 17.6 Å². The topological polar surface area (TPSA) is 357 Å². The van der Waals surface area contributed by atoms with Gasteiger partial charge in [-0.2, -0.15) is 0 Å². The lowest BCUT2D eigenvalue weighted by Gasteiger charge is -2.29. The number of primary amides is 1. The lowest BCUT2D eigenvalue weighted by molar-refractivity contribution is -0.146. The van der Waals surface area contributed by atoms with Crippen LogP contribution in [0.4, 0.5) is 0 Å². The van der Waals surface area contributed by atoms with Crippen LogP contribution in [0.3, 0.4) is 0 Å². The molecule has 12 rings (SSSR count). The summed E-state index contributed by atoms with van der Waals surface area (Å²) in [5.74, 6) is -4.86. The summed E-state index contributed by atoms with van der Waals surface area (Å²) in [5.41, 5.74) is 8.81. The van der Waals surface area contributed by atoms with Gasteiger partial charge in [-0.25, -0.2) is 34.9 Å². The normalized spacial score (nSPS) is 21.6. The number of ether oxygens (including phenoxy) is 1. The number of aliphatic hydroxyl groups is 2. The van der Waals surface area contributed by atoms with Gasteiger partial charge < -0.3 is 52.0 Å². The third kappa shape index (κ3) is 13.4. The van der Waals surface area contributed by atoms with Crippen molar-refractivity contribution in [1.29, 1.82) is 0 Å². The van der Waals surface area contributed by atoms with Crippen LogP contribution in [-0.4, -0.2) is 128 Å². The molecule has 2 fully saturated rings. The minimum absolute atomic E-state index is 0.00545. The number of aromatic nitrogens is 7. The molecule has 24 nitrogen and oxygen atoms in total. The number of carbonyl (C=O) groups excluding carboxylic acids is 7. The highest BCUT2D eigenvalue weighted by Gasteiger charge is 2.46. The van der Waals surface area contributed by atoms with Gasteiger partial charge in [-0.05, 0) is 68.0 Å². The number of pyridine rings is 1. The van der Waals surface area contributed by atoms with Crippen LogP contribution in [0.15, 0.2) is 93.6 Å². The molecule has 3 aliphatic rings. The Balaban J connectivity index is 0.925. The lowest BCUT2D eigenvalue weighted by atomic mass is 9.86. The van der Waals surface area contributed by atoms with E-state index in [0.717, 1.165) is 34.0 Å². The number of amides is 6. The molecule has 6 amide bonds. The van der Waals surface area contributed by atoms with Crippen molar-refractivity contribution in [3.8, 4) is 49.1 Å². The smallest absolute Gasteiger partial charge is 0.308 e. The van der Waals surface area contributed by atoms with Crippen LogP contribution < -0.4 is 27.0 Å². The van der Waals surface area contributed by atoms with E-state index >= 15 is 4.79 Å². The first-order valence-electron chi connectivity index (χ1n) is 28.7. The Morgan fingerprint density at radius 2 is 1.34 bits per heavy atom. The maximum Gasteiger partial charge on any atom is 0.308 e. The number of nitrogens with one attached hydrogen (secondary N) is 4. The van der Waals surface area contributed by atoms with Gasteiger partial charge in [0, 0.05) is 62.3 Å². The number of phenols is 1. The largest absolute Gasteiger partial charge is 0.508 e.